The van der Waals surface area contributed by atoms with Crippen molar-refractivity contribution >= 4 is 27.8 Å². The Balaban J connectivity index is 1.56. The van der Waals surface area contributed by atoms with E-state index in [2.05, 4.69) is 15.2 Å². The van der Waals surface area contributed by atoms with E-state index in [9.17, 15) is 22.0 Å². The number of sulfonamides is 1. The summed E-state index contributed by atoms with van der Waals surface area (Å²) >= 11 is 0. The molecule has 0 aliphatic carbocycles. The lowest BCUT2D eigenvalue weighted by Crippen LogP contribution is -2.32. The van der Waals surface area contributed by atoms with Gasteiger partial charge in [0.05, 0.1) is 11.1 Å². The molecule has 1 aliphatic rings. The van der Waals surface area contributed by atoms with Gasteiger partial charge in [-0.25, -0.2) is 8.42 Å². The lowest BCUT2D eigenvalue weighted by atomic mass is 10.2. The van der Waals surface area contributed by atoms with Crippen LogP contribution in [0, 0.1) is 6.92 Å². The number of halogens is 2. The van der Waals surface area contributed by atoms with Gasteiger partial charge in [-0.3, -0.25) is 4.79 Å². The highest BCUT2D eigenvalue weighted by atomic mass is 32.2. The van der Waals surface area contributed by atoms with E-state index in [0.717, 1.165) is 25.7 Å². The molecule has 1 N–H and O–H groups in total. The van der Waals surface area contributed by atoms with Crippen molar-refractivity contribution in [1.82, 2.24) is 4.31 Å². The highest BCUT2D eigenvalue weighted by Gasteiger charge is 2.27. The molecule has 11 heteroatoms. The Hall–Kier alpha value is -3.05. The predicted molar refractivity (Wildman–Crippen MR) is 124 cm³/mol. The van der Waals surface area contributed by atoms with Crippen molar-refractivity contribution in [2.24, 2.45) is 5.16 Å². The molecule has 1 fully saturated rings. The van der Waals surface area contributed by atoms with Crippen LogP contribution < -0.4 is 10.1 Å². The molecule has 1 amide bonds. The molecule has 1 saturated heterocycles. The molecule has 1 aliphatic heterocycles. The minimum atomic E-state index is -3.66. The first-order valence-electron chi connectivity index (χ1n) is 10.9. The van der Waals surface area contributed by atoms with Crippen LogP contribution in [-0.4, -0.2) is 51.2 Å². The van der Waals surface area contributed by atoms with Crippen molar-refractivity contribution < 1.29 is 31.6 Å². The Bertz CT molecular complexity index is 1100. The summed E-state index contributed by atoms with van der Waals surface area (Å²) in [6.45, 7) is -0.593. The first kappa shape index (κ1) is 25.6. The summed E-state index contributed by atoms with van der Waals surface area (Å²) in [6.07, 6.45) is 5.02. The number of benzene rings is 2. The monoisotopic (exact) mass is 495 g/mol. The van der Waals surface area contributed by atoms with E-state index in [0.29, 0.717) is 29.9 Å². The zero-order valence-electron chi connectivity index (χ0n) is 18.7. The summed E-state index contributed by atoms with van der Waals surface area (Å²) in [6, 6.07) is 10.5. The third kappa shape index (κ3) is 7.22. The average Bonchev–Trinajstić information content (AvgIpc) is 3.09. The molecular formula is C23H27F2N3O5S. The minimum absolute atomic E-state index is 0.0165. The summed E-state index contributed by atoms with van der Waals surface area (Å²) in [7, 11) is -3.66. The Morgan fingerprint density at radius 2 is 1.79 bits per heavy atom. The van der Waals surface area contributed by atoms with Crippen LogP contribution in [0.15, 0.2) is 52.5 Å². The number of rotatable bonds is 9. The number of hydrogen-bond donors (Lipinski definition) is 1. The second-order valence-corrected chi connectivity index (χ2v) is 9.71. The second kappa shape index (κ2) is 11.9. The Labute approximate surface area is 197 Å². The quantitative estimate of drug-likeness (QED) is 0.416. The van der Waals surface area contributed by atoms with E-state index in [4.69, 9.17) is 4.84 Å². The van der Waals surface area contributed by atoms with Crippen LogP contribution in [0.3, 0.4) is 0 Å². The van der Waals surface area contributed by atoms with E-state index in [1.165, 1.54) is 40.9 Å². The van der Waals surface area contributed by atoms with Gasteiger partial charge in [0.25, 0.3) is 5.91 Å². The minimum Gasteiger partial charge on any atom is -0.435 e. The second-order valence-electron chi connectivity index (χ2n) is 7.80. The van der Waals surface area contributed by atoms with E-state index in [1.807, 2.05) is 0 Å². The first-order valence-corrected chi connectivity index (χ1v) is 12.3. The van der Waals surface area contributed by atoms with Crippen LogP contribution in [-0.2, 0) is 19.7 Å². The van der Waals surface area contributed by atoms with E-state index in [1.54, 1.807) is 19.1 Å². The van der Waals surface area contributed by atoms with E-state index in [-0.39, 0.29) is 10.6 Å². The van der Waals surface area contributed by atoms with Crippen LogP contribution in [0.2, 0.25) is 0 Å². The molecule has 2 aromatic rings. The fourth-order valence-corrected chi connectivity index (χ4v) is 5.27. The maximum atomic E-state index is 13.1. The van der Waals surface area contributed by atoms with Gasteiger partial charge in [0.15, 0.2) is 6.61 Å². The van der Waals surface area contributed by atoms with Crippen LogP contribution >= 0.6 is 0 Å². The lowest BCUT2D eigenvalue weighted by Gasteiger charge is -2.21. The number of amides is 1. The fraction of sp³-hybridized carbons (Fsp3) is 0.391. The molecule has 3 rings (SSSR count). The number of ether oxygens (including phenoxy) is 1. The van der Waals surface area contributed by atoms with Crippen molar-refractivity contribution in [1.29, 1.82) is 0 Å². The van der Waals surface area contributed by atoms with Gasteiger partial charge in [-0.2, -0.15) is 13.1 Å². The molecule has 1 heterocycles. The summed E-state index contributed by atoms with van der Waals surface area (Å²) in [5.41, 5.74) is 1.50. The smallest absolute Gasteiger partial charge is 0.387 e. The third-order valence-corrected chi connectivity index (χ3v) is 7.27. The van der Waals surface area contributed by atoms with Crippen LogP contribution in [0.25, 0.3) is 0 Å². The molecule has 8 nitrogen and oxygen atoms in total. The van der Waals surface area contributed by atoms with Gasteiger partial charge < -0.3 is 14.9 Å². The van der Waals surface area contributed by atoms with Crippen LogP contribution in [0.4, 0.5) is 14.5 Å². The summed E-state index contributed by atoms with van der Waals surface area (Å²) < 4.78 is 56.4. The topological polar surface area (TPSA) is 97.3 Å². The number of aryl methyl sites for hydroxylation is 1. The highest BCUT2D eigenvalue weighted by Crippen LogP contribution is 2.26. The van der Waals surface area contributed by atoms with Crippen molar-refractivity contribution in [3.8, 4) is 5.75 Å². The molecule has 0 saturated carbocycles. The van der Waals surface area contributed by atoms with E-state index < -0.39 is 29.1 Å². The molecule has 184 valence electrons. The molecule has 0 spiro atoms. The Morgan fingerprint density at radius 1 is 1.12 bits per heavy atom. The van der Waals surface area contributed by atoms with Gasteiger partial charge in [0, 0.05) is 18.8 Å². The Kier molecular flexibility index (Phi) is 8.94. The van der Waals surface area contributed by atoms with Crippen molar-refractivity contribution in [3.63, 3.8) is 0 Å². The van der Waals surface area contributed by atoms with E-state index >= 15 is 0 Å². The molecule has 0 atom stereocenters. The van der Waals surface area contributed by atoms with Crippen LogP contribution in [0.1, 0.15) is 36.8 Å². The maximum Gasteiger partial charge on any atom is 0.387 e. The van der Waals surface area contributed by atoms with Gasteiger partial charge in [-0.15, -0.1) is 0 Å². The number of oxime groups is 1. The number of nitrogens with zero attached hydrogens (tertiary/aromatic N) is 2. The largest absolute Gasteiger partial charge is 0.435 e. The Morgan fingerprint density at radius 3 is 2.44 bits per heavy atom. The lowest BCUT2D eigenvalue weighted by molar-refractivity contribution is -0.120. The van der Waals surface area contributed by atoms with Crippen molar-refractivity contribution in [2.75, 3.05) is 25.0 Å². The molecule has 0 bridgehead atoms. The number of hydrogen-bond acceptors (Lipinski definition) is 6. The zero-order chi connectivity index (χ0) is 24.6. The number of alkyl halides is 2. The number of carbonyl (C=O) groups excluding carboxylic acids is 1. The number of anilines is 1. The molecule has 0 unspecified atom stereocenters. The van der Waals surface area contributed by atoms with Gasteiger partial charge >= 0.3 is 6.61 Å². The first-order chi connectivity index (χ1) is 16.3. The number of carbonyl (C=O) groups is 1. The average molecular weight is 496 g/mol. The molecule has 0 aromatic heterocycles. The molecule has 0 radical (unpaired) electrons. The van der Waals surface area contributed by atoms with Gasteiger partial charge in [0.1, 0.15) is 5.75 Å². The zero-order valence-corrected chi connectivity index (χ0v) is 19.6. The molecule has 2 aromatic carbocycles. The SMILES string of the molecule is Cc1ccc(NC(=O)CO/N=C/c2ccc(OC(F)F)cc2)cc1S(=O)(=O)N1CCCCCC1. The standard InChI is InChI=1S/C23H27F2N3O5S/c1-17-6-9-19(14-21(17)34(30,31)28-12-4-2-3-5-13-28)27-22(29)16-32-26-15-18-7-10-20(11-8-18)33-23(24)25/h6-11,14-15,23H,2-5,12-13,16H2,1H3,(H,27,29)/b26-15+. The maximum absolute atomic E-state index is 13.1. The van der Waals surface area contributed by atoms with Gasteiger partial charge in [-0.1, -0.05) is 24.1 Å². The third-order valence-electron chi connectivity index (χ3n) is 5.23. The normalized spacial score (nSPS) is 15.3. The molecular weight excluding hydrogens is 468 g/mol. The summed E-state index contributed by atoms with van der Waals surface area (Å²) in [5, 5.41) is 6.29. The van der Waals surface area contributed by atoms with Crippen molar-refractivity contribution in [3.05, 3.63) is 53.6 Å². The van der Waals surface area contributed by atoms with Crippen molar-refractivity contribution in [2.45, 2.75) is 44.1 Å². The number of nitrogens with one attached hydrogen (secondary N) is 1. The predicted octanol–water partition coefficient (Wildman–Crippen LogP) is 4.15. The molecule has 34 heavy (non-hydrogen) atoms. The van der Waals surface area contributed by atoms with Gasteiger partial charge in [0.2, 0.25) is 10.0 Å². The highest BCUT2D eigenvalue weighted by molar-refractivity contribution is 7.89. The summed E-state index contributed by atoms with van der Waals surface area (Å²) in [5.74, 6) is -0.498. The fourth-order valence-electron chi connectivity index (χ4n) is 3.50. The summed E-state index contributed by atoms with van der Waals surface area (Å²) in [4.78, 5) is 17.4. The van der Waals surface area contributed by atoms with Crippen LogP contribution in [0.5, 0.6) is 5.75 Å². The van der Waals surface area contributed by atoms with Gasteiger partial charge in [-0.05, 0) is 67.3 Å².